The van der Waals surface area contributed by atoms with Crippen molar-refractivity contribution < 1.29 is 9.47 Å². The van der Waals surface area contributed by atoms with E-state index in [1.807, 2.05) is 12.1 Å². The Kier molecular flexibility index (Phi) is 10.2. The molecule has 0 aliphatic carbocycles. The maximum atomic E-state index is 5.50. The lowest BCUT2D eigenvalue weighted by Crippen LogP contribution is -2.38. The van der Waals surface area contributed by atoms with Gasteiger partial charge in [-0.05, 0) is 36.2 Å². The third-order valence-corrected chi connectivity index (χ3v) is 5.02. The van der Waals surface area contributed by atoms with E-state index in [1.54, 1.807) is 7.11 Å². The van der Waals surface area contributed by atoms with Crippen molar-refractivity contribution in [2.24, 2.45) is 4.99 Å². The fourth-order valence-electron chi connectivity index (χ4n) is 3.47. The number of methoxy groups -OCH3 is 1. The molecule has 2 aromatic carbocycles. The molecule has 1 aliphatic heterocycles. The highest BCUT2D eigenvalue weighted by molar-refractivity contribution is 14.0. The molecule has 164 valence electrons. The zero-order valence-electron chi connectivity index (χ0n) is 18.1. The van der Waals surface area contributed by atoms with Crippen molar-refractivity contribution in [3.63, 3.8) is 0 Å². The Labute approximate surface area is 197 Å². The third-order valence-electron chi connectivity index (χ3n) is 5.02. The number of anilines is 1. The van der Waals surface area contributed by atoms with E-state index in [4.69, 9.17) is 14.5 Å². The molecular formula is C23H33IN4O2. The Morgan fingerprint density at radius 1 is 1.13 bits per heavy atom. The second kappa shape index (κ2) is 12.6. The highest BCUT2D eigenvalue weighted by Crippen LogP contribution is 2.22. The van der Waals surface area contributed by atoms with Crippen LogP contribution in [0.3, 0.4) is 0 Å². The fourth-order valence-corrected chi connectivity index (χ4v) is 3.47. The van der Waals surface area contributed by atoms with Gasteiger partial charge in [0, 0.05) is 38.9 Å². The van der Waals surface area contributed by atoms with Crippen molar-refractivity contribution in [1.82, 2.24) is 10.2 Å². The van der Waals surface area contributed by atoms with Gasteiger partial charge in [0.15, 0.2) is 5.96 Å². The number of hydrogen-bond donors (Lipinski definition) is 1. The molecule has 1 fully saturated rings. The first kappa shape index (κ1) is 24.3. The molecule has 0 radical (unpaired) electrons. The maximum absolute atomic E-state index is 5.50. The number of para-hydroxylation sites is 1. The molecule has 6 nitrogen and oxygen atoms in total. The maximum Gasteiger partial charge on any atom is 0.194 e. The SMILES string of the molecule is CCNC(=NCc1ccccc1N1CCOCC1)N(C)Cc1ccc(OC)cc1.I. The summed E-state index contributed by atoms with van der Waals surface area (Å²) in [6.45, 7) is 7.77. The summed E-state index contributed by atoms with van der Waals surface area (Å²) in [4.78, 5) is 9.46. The molecule has 0 aromatic heterocycles. The summed E-state index contributed by atoms with van der Waals surface area (Å²) < 4.78 is 10.7. The molecule has 30 heavy (non-hydrogen) atoms. The Morgan fingerprint density at radius 2 is 1.83 bits per heavy atom. The van der Waals surface area contributed by atoms with E-state index in [1.165, 1.54) is 16.8 Å². The zero-order chi connectivity index (χ0) is 20.5. The standard InChI is InChI=1S/C23H32N4O2.HI/c1-4-24-23(26(2)18-19-9-11-21(28-3)12-10-19)25-17-20-7-5-6-8-22(20)27-13-15-29-16-14-27;/h5-12H,4,13-18H2,1-3H3,(H,24,25);1H. The van der Waals surface area contributed by atoms with Crippen molar-refractivity contribution in [1.29, 1.82) is 0 Å². The van der Waals surface area contributed by atoms with Crippen molar-refractivity contribution >= 4 is 35.6 Å². The monoisotopic (exact) mass is 524 g/mol. The van der Waals surface area contributed by atoms with Crippen LogP contribution >= 0.6 is 24.0 Å². The van der Waals surface area contributed by atoms with E-state index in [0.717, 1.165) is 51.1 Å². The molecule has 2 aromatic rings. The number of guanidine groups is 1. The summed E-state index contributed by atoms with van der Waals surface area (Å²) in [7, 11) is 3.76. The van der Waals surface area contributed by atoms with E-state index in [0.29, 0.717) is 6.54 Å². The first-order valence-electron chi connectivity index (χ1n) is 10.2. The molecule has 3 rings (SSSR count). The van der Waals surface area contributed by atoms with Gasteiger partial charge in [0.1, 0.15) is 5.75 Å². The van der Waals surface area contributed by atoms with Gasteiger partial charge in [-0.25, -0.2) is 4.99 Å². The number of morpholine rings is 1. The van der Waals surface area contributed by atoms with Gasteiger partial charge >= 0.3 is 0 Å². The lowest BCUT2D eigenvalue weighted by molar-refractivity contribution is 0.122. The average molecular weight is 524 g/mol. The van der Waals surface area contributed by atoms with Crippen molar-refractivity contribution in [2.45, 2.75) is 20.0 Å². The average Bonchev–Trinajstić information content (AvgIpc) is 2.78. The van der Waals surface area contributed by atoms with Gasteiger partial charge in [-0.2, -0.15) is 0 Å². The fraction of sp³-hybridized carbons (Fsp3) is 0.435. The Morgan fingerprint density at radius 3 is 2.50 bits per heavy atom. The van der Waals surface area contributed by atoms with Crippen LogP contribution in [0, 0.1) is 0 Å². The second-order valence-electron chi connectivity index (χ2n) is 7.10. The van der Waals surface area contributed by atoms with E-state index in [2.05, 4.69) is 65.5 Å². The van der Waals surface area contributed by atoms with E-state index < -0.39 is 0 Å². The van der Waals surface area contributed by atoms with Gasteiger partial charge in [-0.1, -0.05) is 30.3 Å². The summed E-state index contributed by atoms with van der Waals surface area (Å²) >= 11 is 0. The number of ether oxygens (including phenoxy) is 2. The number of hydrogen-bond acceptors (Lipinski definition) is 4. The largest absolute Gasteiger partial charge is 0.497 e. The molecule has 0 spiro atoms. The van der Waals surface area contributed by atoms with Crippen LogP contribution in [-0.2, 0) is 17.8 Å². The van der Waals surface area contributed by atoms with Crippen molar-refractivity contribution in [3.8, 4) is 5.75 Å². The quantitative estimate of drug-likeness (QED) is 0.340. The lowest BCUT2D eigenvalue weighted by Gasteiger charge is -2.30. The molecule has 1 N–H and O–H groups in total. The lowest BCUT2D eigenvalue weighted by atomic mass is 10.1. The number of nitrogens with one attached hydrogen (secondary N) is 1. The molecule has 0 amide bonds. The summed E-state index contributed by atoms with van der Waals surface area (Å²) in [5, 5.41) is 3.41. The van der Waals surface area contributed by atoms with Crippen molar-refractivity contribution in [2.75, 3.05) is 51.9 Å². The summed E-state index contributed by atoms with van der Waals surface area (Å²) in [5.74, 6) is 1.77. The third kappa shape index (κ3) is 6.77. The predicted octanol–water partition coefficient (Wildman–Crippen LogP) is 3.75. The van der Waals surface area contributed by atoms with E-state index in [-0.39, 0.29) is 24.0 Å². The van der Waals surface area contributed by atoms with Gasteiger partial charge < -0.3 is 24.6 Å². The van der Waals surface area contributed by atoms with Crippen molar-refractivity contribution in [3.05, 3.63) is 59.7 Å². The highest BCUT2D eigenvalue weighted by Gasteiger charge is 2.14. The molecule has 1 aliphatic rings. The number of benzene rings is 2. The minimum Gasteiger partial charge on any atom is -0.497 e. The number of rotatable bonds is 7. The van der Waals surface area contributed by atoms with E-state index >= 15 is 0 Å². The number of aliphatic imine (C=N–C) groups is 1. The normalized spacial score (nSPS) is 14.1. The van der Waals surface area contributed by atoms with Crippen LogP contribution in [-0.4, -0.2) is 57.9 Å². The van der Waals surface area contributed by atoms with Crippen LogP contribution in [0.5, 0.6) is 5.75 Å². The predicted molar refractivity (Wildman–Crippen MR) is 134 cm³/mol. The van der Waals surface area contributed by atoms with Crippen LogP contribution < -0.4 is 15.0 Å². The van der Waals surface area contributed by atoms with Gasteiger partial charge in [0.05, 0.1) is 26.9 Å². The smallest absolute Gasteiger partial charge is 0.194 e. The summed E-state index contributed by atoms with van der Waals surface area (Å²) in [5.41, 5.74) is 3.71. The molecule has 7 heteroatoms. The summed E-state index contributed by atoms with van der Waals surface area (Å²) in [6, 6.07) is 16.7. The topological polar surface area (TPSA) is 49.3 Å². The van der Waals surface area contributed by atoms with Crippen LogP contribution in [0.15, 0.2) is 53.5 Å². The first-order valence-corrected chi connectivity index (χ1v) is 10.2. The number of nitrogens with zero attached hydrogens (tertiary/aromatic N) is 3. The molecule has 0 bridgehead atoms. The molecule has 1 saturated heterocycles. The van der Waals surface area contributed by atoms with Crippen LogP contribution in [0.1, 0.15) is 18.1 Å². The zero-order valence-corrected chi connectivity index (χ0v) is 20.5. The minimum atomic E-state index is 0. The second-order valence-corrected chi connectivity index (χ2v) is 7.10. The Bertz CT molecular complexity index is 792. The van der Waals surface area contributed by atoms with Crippen LogP contribution in [0.2, 0.25) is 0 Å². The minimum absolute atomic E-state index is 0. The van der Waals surface area contributed by atoms with Gasteiger partial charge in [0.2, 0.25) is 0 Å². The van der Waals surface area contributed by atoms with E-state index in [9.17, 15) is 0 Å². The van der Waals surface area contributed by atoms with Gasteiger partial charge in [0.25, 0.3) is 0 Å². The number of halogens is 1. The Hall–Kier alpha value is -2.00. The molecule has 1 heterocycles. The molecule has 0 saturated carbocycles. The Balaban J connectivity index is 0.00000320. The summed E-state index contributed by atoms with van der Waals surface area (Å²) in [6.07, 6.45) is 0. The first-order chi connectivity index (χ1) is 14.2. The van der Waals surface area contributed by atoms with Crippen LogP contribution in [0.4, 0.5) is 5.69 Å². The molecule has 0 unspecified atom stereocenters. The van der Waals surface area contributed by atoms with Crippen LogP contribution in [0.25, 0.3) is 0 Å². The highest BCUT2D eigenvalue weighted by atomic mass is 127. The molecule has 0 atom stereocenters. The molecular weight excluding hydrogens is 491 g/mol. The van der Waals surface area contributed by atoms with Gasteiger partial charge in [-0.15, -0.1) is 24.0 Å². The van der Waals surface area contributed by atoms with Gasteiger partial charge in [-0.3, -0.25) is 0 Å².